The van der Waals surface area contributed by atoms with Crippen molar-refractivity contribution in [1.29, 1.82) is 0 Å². The van der Waals surface area contributed by atoms with E-state index in [2.05, 4.69) is 10.6 Å². The second-order valence-corrected chi connectivity index (χ2v) is 6.25. The lowest BCUT2D eigenvalue weighted by atomic mass is 9.97. The Labute approximate surface area is 104 Å². The van der Waals surface area contributed by atoms with Crippen LogP contribution in [0.15, 0.2) is 0 Å². The summed E-state index contributed by atoms with van der Waals surface area (Å²) in [5.74, 6) is 2.98. The van der Waals surface area contributed by atoms with Gasteiger partial charge in [-0.3, -0.25) is 4.79 Å². The fourth-order valence-electron chi connectivity index (χ4n) is 2.73. The van der Waals surface area contributed by atoms with Gasteiger partial charge in [0.2, 0.25) is 5.91 Å². The monoisotopic (exact) mass is 236 g/mol. The molecule has 0 aromatic heterocycles. The summed E-state index contributed by atoms with van der Waals surface area (Å²) in [6, 6.07) is 0.463. The summed E-state index contributed by atoms with van der Waals surface area (Å²) in [6.07, 6.45) is 8.03. The third-order valence-electron chi connectivity index (χ3n) is 4.43. The van der Waals surface area contributed by atoms with E-state index in [1.807, 2.05) is 6.92 Å². The molecular formula is C14H24N2O. The molecule has 96 valence electrons. The lowest BCUT2D eigenvalue weighted by molar-refractivity contribution is -0.122. The topological polar surface area (TPSA) is 41.1 Å². The second-order valence-electron chi connectivity index (χ2n) is 6.25. The minimum atomic E-state index is -0.0180. The molecule has 0 spiro atoms. The molecule has 1 atom stereocenters. The van der Waals surface area contributed by atoms with E-state index in [0.717, 1.165) is 24.3 Å². The summed E-state index contributed by atoms with van der Waals surface area (Å²) in [7, 11) is 0. The van der Waals surface area contributed by atoms with Crippen molar-refractivity contribution < 1.29 is 4.79 Å². The molecule has 2 N–H and O–H groups in total. The van der Waals surface area contributed by atoms with Gasteiger partial charge in [0.05, 0.1) is 6.04 Å². The van der Waals surface area contributed by atoms with Gasteiger partial charge in [-0.05, 0) is 69.7 Å². The highest BCUT2D eigenvalue weighted by atomic mass is 16.2. The molecule has 3 heteroatoms. The van der Waals surface area contributed by atoms with Crippen molar-refractivity contribution in [2.75, 3.05) is 6.54 Å². The van der Waals surface area contributed by atoms with Crippen molar-refractivity contribution in [2.24, 2.45) is 17.8 Å². The summed E-state index contributed by atoms with van der Waals surface area (Å²) < 4.78 is 0. The van der Waals surface area contributed by atoms with Crippen LogP contribution in [0.4, 0.5) is 0 Å². The van der Waals surface area contributed by atoms with Crippen LogP contribution in [0.2, 0.25) is 0 Å². The zero-order valence-corrected chi connectivity index (χ0v) is 10.7. The maximum absolute atomic E-state index is 11.8. The summed E-state index contributed by atoms with van der Waals surface area (Å²) in [5, 5.41) is 6.51. The first kappa shape index (κ1) is 11.5. The zero-order chi connectivity index (χ0) is 11.8. The van der Waals surface area contributed by atoms with Crippen molar-refractivity contribution in [2.45, 2.75) is 57.5 Å². The van der Waals surface area contributed by atoms with Crippen LogP contribution in [0.5, 0.6) is 0 Å². The van der Waals surface area contributed by atoms with Crippen molar-refractivity contribution >= 4 is 5.91 Å². The van der Waals surface area contributed by atoms with Gasteiger partial charge in [-0.1, -0.05) is 0 Å². The molecule has 3 rings (SSSR count). The molecule has 1 unspecified atom stereocenters. The van der Waals surface area contributed by atoms with E-state index in [9.17, 15) is 4.79 Å². The number of nitrogens with one attached hydrogen (secondary N) is 2. The Bertz CT molecular complexity index is 281. The minimum absolute atomic E-state index is 0.0180. The van der Waals surface area contributed by atoms with Crippen molar-refractivity contribution in [3.8, 4) is 0 Å². The van der Waals surface area contributed by atoms with Gasteiger partial charge < -0.3 is 10.6 Å². The van der Waals surface area contributed by atoms with Crippen LogP contribution >= 0.6 is 0 Å². The number of rotatable bonds is 7. The van der Waals surface area contributed by atoms with E-state index in [4.69, 9.17) is 0 Å². The Kier molecular flexibility index (Phi) is 3.12. The molecular weight excluding hydrogens is 212 g/mol. The number of hydrogen-bond donors (Lipinski definition) is 2. The van der Waals surface area contributed by atoms with Crippen LogP contribution in [0.1, 0.15) is 45.4 Å². The number of carbonyl (C=O) groups is 1. The van der Waals surface area contributed by atoms with Crippen LogP contribution in [0, 0.1) is 17.8 Å². The van der Waals surface area contributed by atoms with E-state index in [0.29, 0.717) is 6.04 Å². The molecule has 3 aliphatic carbocycles. The average molecular weight is 236 g/mol. The summed E-state index contributed by atoms with van der Waals surface area (Å²) >= 11 is 0. The molecule has 0 saturated heterocycles. The molecule has 3 nitrogen and oxygen atoms in total. The van der Waals surface area contributed by atoms with Gasteiger partial charge in [0, 0.05) is 6.04 Å². The maximum atomic E-state index is 11.8. The van der Waals surface area contributed by atoms with Crippen molar-refractivity contribution in [3.05, 3.63) is 0 Å². The quantitative estimate of drug-likeness (QED) is 0.706. The van der Waals surface area contributed by atoms with Gasteiger partial charge in [0.1, 0.15) is 0 Å². The van der Waals surface area contributed by atoms with Gasteiger partial charge in [-0.2, -0.15) is 0 Å². The van der Waals surface area contributed by atoms with E-state index in [-0.39, 0.29) is 11.9 Å². The molecule has 0 heterocycles. The van der Waals surface area contributed by atoms with Crippen LogP contribution in [-0.4, -0.2) is 24.5 Å². The average Bonchev–Trinajstić information content (AvgIpc) is 3.14. The predicted octanol–water partition coefficient (Wildman–Crippen LogP) is 1.68. The molecule has 3 saturated carbocycles. The second kappa shape index (κ2) is 4.60. The van der Waals surface area contributed by atoms with Gasteiger partial charge >= 0.3 is 0 Å². The van der Waals surface area contributed by atoms with Crippen molar-refractivity contribution in [1.82, 2.24) is 10.6 Å². The summed E-state index contributed by atoms with van der Waals surface area (Å²) in [6.45, 7) is 3.04. The Hall–Kier alpha value is -0.570. The maximum Gasteiger partial charge on any atom is 0.237 e. The minimum Gasteiger partial charge on any atom is -0.352 e. The van der Waals surface area contributed by atoms with Gasteiger partial charge in [-0.15, -0.1) is 0 Å². The Morgan fingerprint density at radius 2 is 1.71 bits per heavy atom. The van der Waals surface area contributed by atoms with E-state index < -0.39 is 0 Å². The fourth-order valence-corrected chi connectivity index (χ4v) is 2.73. The summed E-state index contributed by atoms with van der Waals surface area (Å²) in [5.41, 5.74) is 0. The van der Waals surface area contributed by atoms with Gasteiger partial charge in [0.15, 0.2) is 0 Å². The summed E-state index contributed by atoms with van der Waals surface area (Å²) in [4.78, 5) is 11.8. The number of hydrogen-bond acceptors (Lipinski definition) is 2. The highest BCUT2D eigenvalue weighted by Crippen LogP contribution is 2.48. The van der Waals surface area contributed by atoms with Gasteiger partial charge in [-0.25, -0.2) is 0 Å². The third-order valence-corrected chi connectivity index (χ3v) is 4.43. The normalized spacial score (nSPS) is 26.0. The lowest BCUT2D eigenvalue weighted by Gasteiger charge is -2.20. The number of carbonyl (C=O) groups excluding carboxylic acids is 1. The lowest BCUT2D eigenvalue weighted by Crippen LogP contribution is -2.45. The molecule has 0 aliphatic heterocycles. The smallest absolute Gasteiger partial charge is 0.237 e. The first-order chi connectivity index (χ1) is 8.24. The predicted molar refractivity (Wildman–Crippen MR) is 67.6 cm³/mol. The molecule has 3 fully saturated rings. The van der Waals surface area contributed by atoms with Crippen LogP contribution in [0.25, 0.3) is 0 Å². The van der Waals surface area contributed by atoms with Crippen LogP contribution in [-0.2, 0) is 4.79 Å². The van der Waals surface area contributed by atoms with Crippen molar-refractivity contribution in [3.63, 3.8) is 0 Å². The Morgan fingerprint density at radius 3 is 2.18 bits per heavy atom. The number of amides is 1. The zero-order valence-electron chi connectivity index (χ0n) is 10.7. The first-order valence-electron chi connectivity index (χ1n) is 7.28. The third kappa shape index (κ3) is 3.21. The largest absolute Gasteiger partial charge is 0.352 e. The SMILES string of the molecule is CC(NCC(C1CC1)C1CC1)C(=O)NC1CC1. The first-order valence-corrected chi connectivity index (χ1v) is 7.28. The van der Waals surface area contributed by atoms with Crippen LogP contribution in [0.3, 0.4) is 0 Å². The van der Waals surface area contributed by atoms with E-state index in [1.54, 1.807) is 0 Å². The van der Waals surface area contributed by atoms with E-state index in [1.165, 1.54) is 38.5 Å². The highest BCUT2D eigenvalue weighted by Gasteiger charge is 2.41. The molecule has 1 amide bonds. The standard InChI is InChI=1S/C14H24N2O/c1-9(14(17)16-12-6-7-12)15-8-13(10-2-3-10)11-4-5-11/h9-13,15H,2-8H2,1H3,(H,16,17). The molecule has 3 aliphatic rings. The van der Waals surface area contributed by atoms with Crippen LogP contribution < -0.4 is 10.6 Å². The molecule has 0 radical (unpaired) electrons. The Balaban J connectivity index is 1.40. The molecule has 17 heavy (non-hydrogen) atoms. The molecule has 0 bridgehead atoms. The van der Waals surface area contributed by atoms with E-state index >= 15 is 0 Å². The molecule has 0 aromatic carbocycles. The fraction of sp³-hybridized carbons (Fsp3) is 0.929. The highest BCUT2D eigenvalue weighted by molar-refractivity contribution is 5.81. The molecule has 0 aromatic rings. The Morgan fingerprint density at radius 1 is 1.12 bits per heavy atom. The van der Waals surface area contributed by atoms with Gasteiger partial charge in [0.25, 0.3) is 0 Å².